The van der Waals surface area contributed by atoms with Crippen LogP contribution in [0.15, 0.2) is 61.2 Å². The highest BCUT2D eigenvalue weighted by molar-refractivity contribution is 5.33. The molecule has 0 aliphatic carbocycles. The fourth-order valence-electron chi connectivity index (χ4n) is 2.02. The van der Waals surface area contributed by atoms with E-state index < -0.39 is 0 Å². The number of nitrogens with one attached hydrogen (secondary N) is 1. The molecule has 2 rings (SSSR count). The molecule has 21 heavy (non-hydrogen) atoms. The van der Waals surface area contributed by atoms with Gasteiger partial charge in [0.1, 0.15) is 18.1 Å². The Bertz CT molecular complexity index is 564. The summed E-state index contributed by atoms with van der Waals surface area (Å²) in [6.45, 7) is 5.76. The van der Waals surface area contributed by atoms with Gasteiger partial charge in [0, 0.05) is 18.7 Å². The van der Waals surface area contributed by atoms with Gasteiger partial charge in [-0.25, -0.2) is 0 Å². The Morgan fingerprint density at radius 3 is 2.52 bits per heavy atom. The molecule has 3 nitrogen and oxygen atoms in total. The first-order valence-electron chi connectivity index (χ1n) is 6.98. The Labute approximate surface area is 126 Å². The average molecular weight is 283 g/mol. The molecule has 0 aliphatic heterocycles. The van der Waals surface area contributed by atoms with E-state index in [4.69, 9.17) is 9.47 Å². The Hall–Kier alpha value is -2.26. The fourth-order valence-corrected chi connectivity index (χ4v) is 2.02. The molecule has 110 valence electrons. The Morgan fingerprint density at radius 1 is 1.05 bits per heavy atom. The summed E-state index contributed by atoms with van der Waals surface area (Å²) in [5.41, 5.74) is 2.37. The first kappa shape index (κ1) is 15.1. The summed E-state index contributed by atoms with van der Waals surface area (Å²) < 4.78 is 10.8. The molecule has 0 heterocycles. The van der Waals surface area contributed by atoms with Crippen LogP contribution in [-0.2, 0) is 13.1 Å². The second-order valence-corrected chi connectivity index (χ2v) is 4.66. The number of benzene rings is 2. The largest absolute Gasteiger partial charge is 0.497 e. The standard InChI is InChI=1S/C18H21NO2/c1-3-12-21-18-7-5-4-6-16(18)14-19-13-15-8-10-17(20-2)11-9-15/h3-11,19H,1,12-14H2,2H3. The van der Waals surface area contributed by atoms with E-state index in [1.54, 1.807) is 13.2 Å². The third-order valence-corrected chi connectivity index (χ3v) is 3.13. The summed E-state index contributed by atoms with van der Waals surface area (Å²) in [5.74, 6) is 1.78. The van der Waals surface area contributed by atoms with Crippen LogP contribution in [0.25, 0.3) is 0 Å². The van der Waals surface area contributed by atoms with Gasteiger partial charge >= 0.3 is 0 Å². The van der Waals surface area contributed by atoms with Gasteiger partial charge in [-0.2, -0.15) is 0 Å². The highest BCUT2D eigenvalue weighted by Crippen LogP contribution is 2.18. The third kappa shape index (κ3) is 4.65. The minimum atomic E-state index is 0.523. The van der Waals surface area contributed by atoms with Gasteiger partial charge in [0.15, 0.2) is 0 Å². The van der Waals surface area contributed by atoms with Crippen molar-refractivity contribution in [3.05, 3.63) is 72.3 Å². The fraction of sp³-hybridized carbons (Fsp3) is 0.222. The van der Waals surface area contributed by atoms with Crippen molar-refractivity contribution in [3.63, 3.8) is 0 Å². The minimum Gasteiger partial charge on any atom is -0.497 e. The first-order valence-corrected chi connectivity index (χ1v) is 6.98. The van der Waals surface area contributed by atoms with E-state index in [0.717, 1.165) is 30.2 Å². The predicted molar refractivity (Wildman–Crippen MR) is 85.7 cm³/mol. The van der Waals surface area contributed by atoms with Gasteiger partial charge in [-0.3, -0.25) is 0 Å². The van der Waals surface area contributed by atoms with Crippen LogP contribution < -0.4 is 14.8 Å². The lowest BCUT2D eigenvalue weighted by Gasteiger charge is -2.11. The lowest BCUT2D eigenvalue weighted by Crippen LogP contribution is -2.13. The first-order chi connectivity index (χ1) is 10.3. The van der Waals surface area contributed by atoms with Crippen molar-refractivity contribution in [2.24, 2.45) is 0 Å². The maximum Gasteiger partial charge on any atom is 0.124 e. The maximum absolute atomic E-state index is 5.64. The van der Waals surface area contributed by atoms with Crippen molar-refractivity contribution in [2.75, 3.05) is 13.7 Å². The maximum atomic E-state index is 5.64. The van der Waals surface area contributed by atoms with Gasteiger partial charge in [-0.15, -0.1) is 0 Å². The SMILES string of the molecule is C=CCOc1ccccc1CNCc1ccc(OC)cc1. The van der Waals surface area contributed by atoms with Crippen molar-refractivity contribution >= 4 is 0 Å². The van der Waals surface area contributed by atoms with Crippen LogP contribution in [0.4, 0.5) is 0 Å². The van der Waals surface area contributed by atoms with Crippen molar-refractivity contribution in [3.8, 4) is 11.5 Å². The van der Waals surface area contributed by atoms with E-state index >= 15 is 0 Å². The zero-order chi connectivity index (χ0) is 14.9. The van der Waals surface area contributed by atoms with Crippen LogP contribution in [0.1, 0.15) is 11.1 Å². The Balaban J connectivity index is 1.89. The molecule has 0 radical (unpaired) electrons. The molecule has 0 amide bonds. The second kappa shape index (κ2) is 8.12. The molecule has 1 N–H and O–H groups in total. The number of ether oxygens (including phenoxy) is 2. The van der Waals surface area contributed by atoms with Crippen LogP contribution in [0.5, 0.6) is 11.5 Å². The minimum absolute atomic E-state index is 0.523. The quantitative estimate of drug-likeness (QED) is 0.752. The number of rotatable bonds is 8. The monoisotopic (exact) mass is 283 g/mol. The molecule has 0 fully saturated rings. The van der Waals surface area contributed by atoms with E-state index in [2.05, 4.69) is 30.1 Å². The van der Waals surface area contributed by atoms with Gasteiger partial charge < -0.3 is 14.8 Å². The van der Waals surface area contributed by atoms with Gasteiger partial charge in [-0.05, 0) is 23.8 Å². The number of hydrogen-bond acceptors (Lipinski definition) is 3. The van der Waals surface area contributed by atoms with E-state index in [1.807, 2.05) is 30.3 Å². The number of hydrogen-bond donors (Lipinski definition) is 1. The number of para-hydroxylation sites is 1. The van der Waals surface area contributed by atoms with Gasteiger partial charge in [0.25, 0.3) is 0 Å². The number of methoxy groups -OCH3 is 1. The summed E-state index contributed by atoms with van der Waals surface area (Å²) >= 11 is 0. The molecule has 0 saturated carbocycles. The summed E-state index contributed by atoms with van der Waals surface area (Å²) in [5, 5.41) is 3.43. The summed E-state index contributed by atoms with van der Waals surface area (Å²) in [6, 6.07) is 16.1. The molecule has 0 aliphatic rings. The third-order valence-electron chi connectivity index (χ3n) is 3.13. The van der Waals surface area contributed by atoms with E-state index in [-0.39, 0.29) is 0 Å². The van der Waals surface area contributed by atoms with Gasteiger partial charge in [0.2, 0.25) is 0 Å². The van der Waals surface area contributed by atoms with Crippen molar-refractivity contribution in [1.29, 1.82) is 0 Å². The van der Waals surface area contributed by atoms with Crippen LogP contribution in [0.2, 0.25) is 0 Å². The van der Waals surface area contributed by atoms with Crippen molar-refractivity contribution < 1.29 is 9.47 Å². The molecule has 3 heteroatoms. The Kier molecular flexibility index (Phi) is 5.85. The average Bonchev–Trinajstić information content (AvgIpc) is 2.54. The molecule has 2 aromatic rings. The lowest BCUT2D eigenvalue weighted by molar-refractivity contribution is 0.358. The zero-order valence-electron chi connectivity index (χ0n) is 12.3. The highest BCUT2D eigenvalue weighted by atomic mass is 16.5. The summed E-state index contributed by atoms with van der Waals surface area (Å²) in [6.07, 6.45) is 1.75. The van der Waals surface area contributed by atoms with Gasteiger partial charge in [-0.1, -0.05) is 43.0 Å². The topological polar surface area (TPSA) is 30.5 Å². The lowest BCUT2D eigenvalue weighted by atomic mass is 10.2. The molecule has 2 aromatic carbocycles. The smallest absolute Gasteiger partial charge is 0.124 e. The van der Waals surface area contributed by atoms with Crippen LogP contribution in [0, 0.1) is 0 Å². The normalized spacial score (nSPS) is 10.1. The molecule has 0 saturated heterocycles. The molecular weight excluding hydrogens is 262 g/mol. The molecule has 0 aromatic heterocycles. The van der Waals surface area contributed by atoms with E-state index in [9.17, 15) is 0 Å². The Morgan fingerprint density at radius 2 is 1.81 bits per heavy atom. The van der Waals surface area contributed by atoms with Crippen LogP contribution >= 0.6 is 0 Å². The van der Waals surface area contributed by atoms with Crippen molar-refractivity contribution in [2.45, 2.75) is 13.1 Å². The van der Waals surface area contributed by atoms with E-state index in [1.165, 1.54) is 5.56 Å². The van der Waals surface area contributed by atoms with E-state index in [0.29, 0.717) is 6.61 Å². The van der Waals surface area contributed by atoms with Crippen LogP contribution in [0.3, 0.4) is 0 Å². The molecule has 0 bridgehead atoms. The molecular formula is C18H21NO2. The second-order valence-electron chi connectivity index (χ2n) is 4.66. The highest BCUT2D eigenvalue weighted by Gasteiger charge is 2.02. The van der Waals surface area contributed by atoms with Gasteiger partial charge in [0.05, 0.1) is 7.11 Å². The molecule has 0 atom stereocenters. The summed E-state index contributed by atoms with van der Waals surface area (Å²) in [7, 11) is 1.67. The molecule has 0 spiro atoms. The molecule has 0 unspecified atom stereocenters. The van der Waals surface area contributed by atoms with Crippen LogP contribution in [-0.4, -0.2) is 13.7 Å². The predicted octanol–water partition coefficient (Wildman–Crippen LogP) is 3.55. The summed E-state index contributed by atoms with van der Waals surface area (Å²) in [4.78, 5) is 0. The van der Waals surface area contributed by atoms with Crippen molar-refractivity contribution in [1.82, 2.24) is 5.32 Å². The zero-order valence-corrected chi connectivity index (χ0v) is 12.3.